The van der Waals surface area contributed by atoms with Crippen molar-refractivity contribution in [1.82, 2.24) is 10.3 Å². The quantitative estimate of drug-likeness (QED) is 0.918. The van der Waals surface area contributed by atoms with Crippen molar-refractivity contribution in [2.24, 2.45) is 0 Å². The lowest BCUT2D eigenvalue weighted by Crippen LogP contribution is -2.21. The zero-order valence-electron chi connectivity index (χ0n) is 9.98. The van der Waals surface area contributed by atoms with Crippen LogP contribution in [0.4, 0.5) is 8.78 Å². The molecule has 0 spiro atoms. The highest BCUT2D eigenvalue weighted by Crippen LogP contribution is 2.17. The fourth-order valence-corrected chi connectivity index (χ4v) is 1.67. The van der Waals surface area contributed by atoms with Crippen LogP contribution in [0.25, 0.3) is 0 Å². The Bertz CT molecular complexity index is 593. The Balaban J connectivity index is 2.11. The summed E-state index contributed by atoms with van der Waals surface area (Å²) in [5.74, 6) is -1.40. The molecule has 0 fully saturated rings. The Hall–Kier alpha value is -2.32. The third-order valence-electron chi connectivity index (χ3n) is 2.62. The lowest BCUT2D eigenvalue weighted by atomic mass is 10.1. The van der Waals surface area contributed by atoms with Gasteiger partial charge in [0.05, 0.1) is 11.8 Å². The fourth-order valence-electron chi connectivity index (χ4n) is 1.67. The smallest absolute Gasteiger partial charge is 0.131 e. The zero-order chi connectivity index (χ0) is 13.7. The van der Waals surface area contributed by atoms with E-state index < -0.39 is 17.7 Å². The number of nitriles is 1. The van der Waals surface area contributed by atoms with E-state index in [0.717, 1.165) is 17.8 Å². The van der Waals surface area contributed by atoms with E-state index in [-0.39, 0.29) is 5.56 Å². The zero-order valence-corrected chi connectivity index (χ0v) is 9.98. The number of nitrogens with zero attached hydrogens (tertiary/aromatic N) is 2. The lowest BCUT2D eigenvalue weighted by molar-refractivity contribution is 0.541. The van der Waals surface area contributed by atoms with E-state index in [1.165, 1.54) is 6.07 Å². The molecular weight excluding hydrogens is 248 g/mol. The van der Waals surface area contributed by atoms with Gasteiger partial charge in [-0.05, 0) is 18.2 Å². The highest BCUT2D eigenvalue weighted by Gasteiger charge is 2.15. The van der Waals surface area contributed by atoms with Gasteiger partial charge < -0.3 is 0 Å². The standard InChI is InChI=1S/C14H11F2N3/c15-10-4-5-12(13(16)7-10)14(8-17)19-9-11-3-1-2-6-18-11/h1-7,14,19H,9H2. The first-order valence-corrected chi connectivity index (χ1v) is 5.68. The second-order valence-corrected chi connectivity index (χ2v) is 3.93. The van der Waals surface area contributed by atoms with E-state index in [2.05, 4.69) is 10.3 Å². The summed E-state index contributed by atoms with van der Waals surface area (Å²) in [4.78, 5) is 4.09. The van der Waals surface area contributed by atoms with Crippen LogP contribution < -0.4 is 5.32 Å². The van der Waals surface area contributed by atoms with Gasteiger partial charge in [-0.15, -0.1) is 0 Å². The van der Waals surface area contributed by atoms with Crippen LogP contribution in [-0.4, -0.2) is 4.98 Å². The Kier molecular flexibility index (Phi) is 4.16. The SMILES string of the molecule is N#CC(NCc1ccccn1)c1ccc(F)cc1F. The van der Waals surface area contributed by atoms with Gasteiger partial charge in [0.2, 0.25) is 0 Å². The molecule has 96 valence electrons. The van der Waals surface area contributed by atoms with Gasteiger partial charge in [-0.2, -0.15) is 5.26 Å². The van der Waals surface area contributed by atoms with Crippen molar-refractivity contribution >= 4 is 0 Å². The molecule has 0 saturated heterocycles. The third kappa shape index (κ3) is 3.33. The molecule has 2 aromatic rings. The molecule has 0 saturated carbocycles. The van der Waals surface area contributed by atoms with E-state index in [1.54, 1.807) is 18.3 Å². The van der Waals surface area contributed by atoms with Crippen LogP contribution in [-0.2, 0) is 6.54 Å². The van der Waals surface area contributed by atoms with Crippen molar-refractivity contribution in [1.29, 1.82) is 5.26 Å². The summed E-state index contributed by atoms with van der Waals surface area (Å²) in [6.45, 7) is 0.329. The minimum Gasteiger partial charge on any atom is -0.292 e. The first kappa shape index (κ1) is 13.1. The molecular formula is C14H11F2N3. The minimum absolute atomic E-state index is 0.125. The number of halogens is 2. The summed E-state index contributed by atoms with van der Waals surface area (Å²) in [7, 11) is 0. The molecule has 2 rings (SSSR count). The molecule has 1 heterocycles. The van der Waals surface area contributed by atoms with Gasteiger partial charge in [0.15, 0.2) is 0 Å². The molecule has 1 atom stereocenters. The van der Waals surface area contributed by atoms with Crippen molar-refractivity contribution in [2.75, 3.05) is 0 Å². The van der Waals surface area contributed by atoms with Gasteiger partial charge in [-0.3, -0.25) is 10.3 Å². The molecule has 0 bridgehead atoms. The van der Waals surface area contributed by atoms with Gasteiger partial charge in [-0.25, -0.2) is 8.78 Å². The van der Waals surface area contributed by atoms with Gasteiger partial charge in [0, 0.05) is 24.4 Å². The molecule has 5 heteroatoms. The highest BCUT2D eigenvalue weighted by atomic mass is 19.1. The Labute approximate surface area is 109 Å². The van der Waals surface area contributed by atoms with Crippen LogP contribution in [0.15, 0.2) is 42.6 Å². The molecule has 1 N–H and O–H groups in total. The summed E-state index contributed by atoms with van der Waals surface area (Å²) in [6.07, 6.45) is 1.64. The first-order chi connectivity index (χ1) is 9.20. The van der Waals surface area contributed by atoms with Crippen LogP contribution >= 0.6 is 0 Å². The van der Waals surface area contributed by atoms with Crippen molar-refractivity contribution in [2.45, 2.75) is 12.6 Å². The van der Waals surface area contributed by atoms with Crippen LogP contribution in [0.5, 0.6) is 0 Å². The normalized spacial score (nSPS) is 11.8. The number of hydrogen-bond acceptors (Lipinski definition) is 3. The first-order valence-electron chi connectivity index (χ1n) is 5.68. The molecule has 0 radical (unpaired) electrons. The average Bonchev–Trinajstić information content (AvgIpc) is 2.42. The maximum atomic E-state index is 13.6. The number of pyridine rings is 1. The van der Waals surface area contributed by atoms with E-state index >= 15 is 0 Å². The number of aromatic nitrogens is 1. The van der Waals surface area contributed by atoms with Crippen LogP contribution in [0.1, 0.15) is 17.3 Å². The molecule has 1 unspecified atom stereocenters. The van der Waals surface area contributed by atoms with Gasteiger partial charge >= 0.3 is 0 Å². The maximum absolute atomic E-state index is 13.6. The topological polar surface area (TPSA) is 48.7 Å². The van der Waals surface area contributed by atoms with Crippen LogP contribution in [0, 0.1) is 23.0 Å². The lowest BCUT2D eigenvalue weighted by Gasteiger charge is -2.12. The Morgan fingerprint density at radius 1 is 1.26 bits per heavy atom. The van der Waals surface area contributed by atoms with Crippen LogP contribution in [0.3, 0.4) is 0 Å². The molecule has 0 amide bonds. The summed E-state index contributed by atoms with van der Waals surface area (Å²) >= 11 is 0. The Morgan fingerprint density at radius 3 is 2.74 bits per heavy atom. The van der Waals surface area contributed by atoms with Crippen molar-refractivity contribution in [3.8, 4) is 6.07 Å². The predicted molar refractivity (Wildman–Crippen MR) is 65.8 cm³/mol. The third-order valence-corrected chi connectivity index (χ3v) is 2.62. The number of benzene rings is 1. The van der Waals surface area contributed by atoms with E-state index in [4.69, 9.17) is 5.26 Å². The van der Waals surface area contributed by atoms with E-state index in [0.29, 0.717) is 6.54 Å². The minimum atomic E-state index is -0.845. The molecule has 1 aromatic carbocycles. The van der Waals surface area contributed by atoms with E-state index in [1.807, 2.05) is 12.1 Å². The summed E-state index contributed by atoms with van der Waals surface area (Å²) < 4.78 is 26.4. The van der Waals surface area contributed by atoms with Crippen molar-refractivity contribution in [3.63, 3.8) is 0 Å². The number of nitrogens with one attached hydrogen (secondary N) is 1. The molecule has 19 heavy (non-hydrogen) atoms. The summed E-state index contributed by atoms with van der Waals surface area (Å²) in [6, 6.07) is 9.67. The second kappa shape index (κ2) is 6.03. The molecule has 1 aromatic heterocycles. The fraction of sp³-hybridized carbons (Fsp3) is 0.143. The predicted octanol–water partition coefficient (Wildman–Crippen LogP) is 2.71. The summed E-state index contributed by atoms with van der Waals surface area (Å²) in [5.41, 5.74) is 0.866. The van der Waals surface area contributed by atoms with Gasteiger partial charge in [0.25, 0.3) is 0 Å². The monoisotopic (exact) mass is 259 g/mol. The largest absolute Gasteiger partial charge is 0.292 e. The van der Waals surface area contributed by atoms with Crippen molar-refractivity contribution < 1.29 is 8.78 Å². The van der Waals surface area contributed by atoms with Gasteiger partial charge in [-0.1, -0.05) is 12.1 Å². The number of rotatable bonds is 4. The number of hydrogen-bond donors (Lipinski definition) is 1. The highest BCUT2D eigenvalue weighted by molar-refractivity contribution is 5.26. The molecule has 0 aliphatic rings. The molecule has 0 aliphatic carbocycles. The van der Waals surface area contributed by atoms with E-state index in [9.17, 15) is 8.78 Å². The summed E-state index contributed by atoms with van der Waals surface area (Å²) in [5, 5.41) is 11.9. The van der Waals surface area contributed by atoms with Crippen molar-refractivity contribution in [3.05, 3.63) is 65.5 Å². The average molecular weight is 259 g/mol. The van der Waals surface area contributed by atoms with Gasteiger partial charge in [0.1, 0.15) is 17.7 Å². The van der Waals surface area contributed by atoms with Crippen LogP contribution in [0.2, 0.25) is 0 Å². The Morgan fingerprint density at radius 2 is 2.11 bits per heavy atom. The molecule has 3 nitrogen and oxygen atoms in total. The molecule has 0 aliphatic heterocycles. The maximum Gasteiger partial charge on any atom is 0.131 e. The second-order valence-electron chi connectivity index (χ2n) is 3.93.